The van der Waals surface area contributed by atoms with Crippen molar-refractivity contribution in [1.82, 2.24) is 4.90 Å². The highest BCUT2D eigenvalue weighted by Crippen LogP contribution is 2.23. The van der Waals surface area contributed by atoms with Crippen molar-refractivity contribution in [3.63, 3.8) is 0 Å². The lowest BCUT2D eigenvalue weighted by atomic mass is 10.0. The maximum Gasteiger partial charge on any atom is 0.319 e. The number of hydrogen-bond donors (Lipinski definition) is 1. The van der Waals surface area contributed by atoms with Gasteiger partial charge in [-0.2, -0.15) is 0 Å². The molecule has 0 spiro atoms. The number of hydrogen-bond acceptors (Lipinski definition) is 5. The zero-order valence-electron chi connectivity index (χ0n) is 14.5. The van der Waals surface area contributed by atoms with E-state index in [9.17, 15) is 18.0 Å². The summed E-state index contributed by atoms with van der Waals surface area (Å²) in [5, 5.41) is 8.71. The van der Waals surface area contributed by atoms with Crippen molar-refractivity contribution in [1.29, 1.82) is 0 Å². The van der Waals surface area contributed by atoms with Crippen LogP contribution in [-0.2, 0) is 19.4 Å². The molecule has 142 valence electrons. The lowest BCUT2D eigenvalue weighted by Gasteiger charge is -2.27. The van der Waals surface area contributed by atoms with Crippen LogP contribution in [0.3, 0.4) is 0 Å². The highest BCUT2D eigenvalue weighted by Gasteiger charge is 2.20. The van der Waals surface area contributed by atoms with Crippen molar-refractivity contribution >= 4 is 21.7 Å². The number of amides is 1. The van der Waals surface area contributed by atoms with Gasteiger partial charge in [0.2, 0.25) is 0 Å². The van der Waals surface area contributed by atoms with E-state index in [0.29, 0.717) is 31.9 Å². The molecule has 0 bridgehead atoms. The van der Waals surface area contributed by atoms with Gasteiger partial charge in [-0.05, 0) is 35.4 Å². The molecule has 1 heterocycles. The van der Waals surface area contributed by atoms with Crippen LogP contribution in [0.2, 0.25) is 0 Å². The van der Waals surface area contributed by atoms with Crippen LogP contribution in [0.1, 0.15) is 10.4 Å². The SMILES string of the molecule is O=C(O)CS(=O)(=O)c1ccc(-c2cccc(C(=O)N3CCOCC3)c2)cc1. The Kier molecular flexibility index (Phi) is 5.57. The standard InChI is InChI=1S/C19H19NO6S/c21-18(22)13-27(24,25)17-6-4-14(5-7-17)15-2-1-3-16(12-15)19(23)20-8-10-26-11-9-20/h1-7,12H,8-11,13H2,(H,21,22). The van der Waals surface area contributed by atoms with Gasteiger partial charge in [0.1, 0.15) is 0 Å². The fourth-order valence-electron chi connectivity index (χ4n) is 2.88. The fourth-order valence-corrected chi connectivity index (χ4v) is 3.92. The molecule has 7 nitrogen and oxygen atoms in total. The van der Waals surface area contributed by atoms with Gasteiger partial charge >= 0.3 is 5.97 Å². The topological polar surface area (TPSA) is 101 Å². The van der Waals surface area contributed by atoms with E-state index < -0.39 is 21.6 Å². The molecule has 1 fully saturated rings. The predicted molar refractivity (Wildman–Crippen MR) is 98.3 cm³/mol. The second-order valence-corrected chi connectivity index (χ2v) is 8.15. The van der Waals surface area contributed by atoms with E-state index in [0.717, 1.165) is 11.1 Å². The molecule has 8 heteroatoms. The van der Waals surface area contributed by atoms with Gasteiger partial charge in [0.15, 0.2) is 15.6 Å². The smallest absolute Gasteiger partial charge is 0.319 e. The van der Waals surface area contributed by atoms with Gasteiger partial charge in [-0.15, -0.1) is 0 Å². The van der Waals surface area contributed by atoms with E-state index in [4.69, 9.17) is 9.84 Å². The van der Waals surface area contributed by atoms with Crippen molar-refractivity contribution in [3.05, 3.63) is 54.1 Å². The number of carbonyl (C=O) groups is 2. The molecule has 1 N–H and O–H groups in total. The maximum atomic E-state index is 12.6. The Morgan fingerprint density at radius 2 is 1.67 bits per heavy atom. The molecule has 0 unspecified atom stereocenters. The molecule has 1 aliphatic rings. The number of morpholine rings is 1. The molecule has 3 rings (SSSR count). The van der Waals surface area contributed by atoms with Gasteiger partial charge in [0.05, 0.1) is 18.1 Å². The van der Waals surface area contributed by atoms with Crippen molar-refractivity contribution in [2.45, 2.75) is 4.90 Å². The molecule has 0 aromatic heterocycles. The van der Waals surface area contributed by atoms with E-state index in [1.54, 1.807) is 35.2 Å². The summed E-state index contributed by atoms with van der Waals surface area (Å²) >= 11 is 0. The van der Waals surface area contributed by atoms with Gasteiger partial charge in [0.25, 0.3) is 5.91 Å². The predicted octanol–water partition coefficient (Wildman–Crippen LogP) is 1.68. The van der Waals surface area contributed by atoms with Crippen LogP contribution >= 0.6 is 0 Å². The highest BCUT2D eigenvalue weighted by molar-refractivity contribution is 7.92. The van der Waals surface area contributed by atoms with Crippen molar-refractivity contribution in [3.8, 4) is 11.1 Å². The summed E-state index contributed by atoms with van der Waals surface area (Å²) in [7, 11) is -3.87. The Balaban J connectivity index is 1.83. The van der Waals surface area contributed by atoms with Crippen LogP contribution in [0.4, 0.5) is 0 Å². The third-order valence-electron chi connectivity index (χ3n) is 4.27. The lowest BCUT2D eigenvalue weighted by Crippen LogP contribution is -2.40. The summed E-state index contributed by atoms with van der Waals surface area (Å²) in [6.07, 6.45) is 0. The molecule has 0 aliphatic carbocycles. The fraction of sp³-hybridized carbons (Fsp3) is 0.263. The minimum absolute atomic E-state index is 0.0470. The minimum atomic E-state index is -3.87. The molecule has 0 saturated carbocycles. The van der Waals surface area contributed by atoms with Gasteiger partial charge in [-0.25, -0.2) is 8.42 Å². The Morgan fingerprint density at radius 3 is 2.30 bits per heavy atom. The molecule has 1 amide bonds. The summed E-state index contributed by atoms with van der Waals surface area (Å²) in [5.41, 5.74) is 2.06. The molecular formula is C19H19NO6S. The zero-order chi connectivity index (χ0) is 19.4. The van der Waals surface area contributed by atoms with Gasteiger partial charge in [-0.1, -0.05) is 24.3 Å². The molecule has 0 atom stereocenters. The van der Waals surface area contributed by atoms with Crippen LogP contribution in [0.5, 0.6) is 0 Å². The van der Waals surface area contributed by atoms with E-state index in [1.165, 1.54) is 12.1 Å². The first kappa shape index (κ1) is 19.1. The Bertz CT molecular complexity index is 946. The maximum absolute atomic E-state index is 12.6. The molecule has 2 aromatic carbocycles. The van der Waals surface area contributed by atoms with Gasteiger partial charge in [0, 0.05) is 18.7 Å². The zero-order valence-corrected chi connectivity index (χ0v) is 15.3. The van der Waals surface area contributed by atoms with Crippen LogP contribution in [0.15, 0.2) is 53.4 Å². The van der Waals surface area contributed by atoms with Crippen LogP contribution < -0.4 is 0 Å². The summed E-state index contributed by atoms with van der Waals surface area (Å²) in [4.78, 5) is 25.0. The first-order chi connectivity index (χ1) is 12.9. The van der Waals surface area contributed by atoms with Crippen molar-refractivity contribution in [2.75, 3.05) is 32.1 Å². The van der Waals surface area contributed by atoms with Gasteiger partial charge < -0.3 is 14.7 Å². The number of carboxylic acids is 1. The molecule has 1 aliphatic heterocycles. The number of aliphatic carboxylic acids is 1. The summed E-state index contributed by atoms with van der Waals surface area (Å²) in [6.45, 7) is 2.16. The first-order valence-electron chi connectivity index (χ1n) is 8.39. The number of carbonyl (C=O) groups excluding carboxylic acids is 1. The lowest BCUT2D eigenvalue weighted by molar-refractivity contribution is -0.134. The van der Waals surface area contributed by atoms with E-state index in [-0.39, 0.29) is 10.8 Å². The highest BCUT2D eigenvalue weighted by atomic mass is 32.2. The number of carboxylic acid groups (broad SMARTS) is 1. The number of rotatable bonds is 5. The average Bonchev–Trinajstić information content (AvgIpc) is 2.67. The third kappa shape index (κ3) is 4.53. The minimum Gasteiger partial charge on any atom is -0.480 e. The third-order valence-corrected chi connectivity index (χ3v) is 5.89. The van der Waals surface area contributed by atoms with Crippen LogP contribution in [-0.4, -0.2) is 62.4 Å². The molecule has 0 radical (unpaired) electrons. The van der Waals surface area contributed by atoms with Crippen LogP contribution in [0.25, 0.3) is 11.1 Å². The molecule has 2 aromatic rings. The van der Waals surface area contributed by atoms with Crippen LogP contribution in [0, 0.1) is 0 Å². The number of ether oxygens (including phenoxy) is 1. The number of nitrogens with zero attached hydrogens (tertiary/aromatic N) is 1. The molecule has 27 heavy (non-hydrogen) atoms. The Hall–Kier alpha value is -2.71. The van der Waals surface area contributed by atoms with E-state index in [2.05, 4.69) is 0 Å². The van der Waals surface area contributed by atoms with E-state index in [1.807, 2.05) is 6.07 Å². The summed E-state index contributed by atoms with van der Waals surface area (Å²) in [6, 6.07) is 13.1. The normalized spacial score (nSPS) is 14.7. The van der Waals surface area contributed by atoms with Gasteiger partial charge in [-0.3, -0.25) is 9.59 Å². The number of benzene rings is 2. The van der Waals surface area contributed by atoms with E-state index >= 15 is 0 Å². The quantitative estimate of drug-likeness (QED) is 0.835. The Morgan fingerprint density at radius 1 is 1.00 bits per heavy atom. The second-order valence-electron chi connectivity index (χ2n) is 6.16. The van der Waals surface area contributed by atoms with Crippen molar-refractivity contribution in [2.24, 2.45) is 0 Å². The first-order valence-corrected chi connectivity index (χ1v) is 10.0. The Labute approximate surface area is 157 Å². The summed E-state index contributed by atoms with van der Waals surface area (Å²) < 4.78 is 29.2. The molecular weight excluding hydrogens is 370 g/mol. The second kappa shape index (κ2) is 7.89. The average molecular weight is 389 g/mol. The largest absolute Gasteiger partial charge is 0.480 e. The molecule has 1 saturated heterocycles. The summed E-state index contributed by atoms with van der Waals surface area (Å²) in [5.74, 6) is -2.41. The van der Waals surface area contributed by atoms with Crippen molar-refractivity contribution < 1.29 is 27.9 Å². The number of sulfone groups is 1. The monoisotopic (exact) mass is 389 g/mol.